The molecule has 2 amide bonds. The smallest absolute Gasteiger partial charge is 0.258 e. The Hall–Kier alpha value is -2.15. The van der Waals surface area contributed by atoms with Crippen molar-refractivity contribution >= 4 is 58.0 Å². The van der Waals surface area contributed by atoms with E-state index < -0.39 is 11.8 Å². The van der Waals surface area contributed by atoms with Gasteiger partial charge in [-0.3, -0.25) is 14.9 Å². The van der Waals surface area contributed by atoms with Gasteiger partial charge in [0.1, 0.15) is 0 Å². The standard InChI is InChI=1S/C15H11Cl2N3O2S/c16-9-4-5-11(12(17)7-9)14(22)20-15(23)19-10-3-1-2-8(6-10)13(18)21/h1-7H,(H2,18,21)(H2,19,20,22,23). The van der Waals surface area contributed by atoms with Crippen molar-refractivity contribution in [3.8, 4) is 0 Å². The molecule has 0 unspecified atom stereocenters. The van der Waals surface area contributed by atoms with Gasteiger partial charge < -0.3 is 11.1 Å². The summed E-state index contributed by atoms with van der Waals surface area (Å²) in [5, 5.41) is 5.98. The SMILES string of the molecule is NC(=O)c1cccc(NC(=S)NC(=O)c2ccc(Cl)cc2Cl)c1. The number of nitrogens with one attached hydrogen (secondary N) is 2. The van der Waals surface area contributed by atoms with Gasteiger partial charge in [-0.05, 0) is 48.6 Å². The van der Waals surface area contributed by atoms with Crippen molar-refractivity contribution in [3.63, 3.8) is 0 Å². The van der Waals surface area contributed by atoms with Crippen LogP contribution in [0.25, 0.3) is 0 Å². The second-order valence-corrected chi connectivity index (χ2v) is 5.73. The summed E-state index contributed by atoms with van der Waals surface area (Å²) >= 11 is 16.8. The van der Waals surface area contributed by atoms with E-state index in [9.17, 15) is 9.59 Å². The van der Waals surface area contributed by atoms with E-state index in [0.717, 1.165) is 0 Å². The van der Waals surface area contributed by atoms with E-state index in [2.05, 4.69) is 10.6 Å². The number of carbonyl (C=O) groups is 2. The molecule has 0 aliphatic carbocycles. The molecule has 0 saturated carbocycles. The quantitative estimate of drug-likeness (QED) is 0.727. The second-order valence-electron chi connectivity index (χ2n) is 4.48. The lowest BCUT2D eigenvalue weighted by Crippen LogP contribution is -2.34. The topological polar surface area (TPSA) is 84.2 Å². The number of anilines is 1. The highest BCUT2D eigenvalue weighted by atomic mass is 35.5. The molecule has 2 aromatic rings. The fourth-order valence-electron chi connectivity index (χ4n) is 1.76. The van der Waals surface area contributed by atoms with Crippen molar-refractivity contribution in [2.75, 3.05) is 5.32 Å². The molecule has 0 fully saturated rings. The summed E-state index contributed by atoms with van der Waals surface area (Å²) in [6, 6.07) is 10.9. The van der Waals surface area contributed by atoms with Crippen LogP contribution in [0.3, 0.4) is 0 Å². The Morgan fingerprint density at radius 2 is 1.83 bits per heavy atom. The van der Waals surface area contributed by atoms with Gasteiger partial charge in [-0.15, -0.1) is 0 Å². The molecule has 0 saturated heterocycles. The van der Waals surface area contributed by atoms with Gasteiger partial charge in [0, 0.05) is 16.3 Å². The van der Waals surface area contributed by atoms with E-state index in [1.807, 2.05) is 0 Å². The van der Waals surface area contributed by atoms with Crippen LogP contribution in [0.4, 0.5) is 5.69 Å². The number of carbonyl (C=O) groups excluding carboxylic acids is 2. The van der Waals surface area contributed by atoms with E-state index in [-0.39, 0.29) is 15.7 Å². The van der Waals surface area contributed by atoms with Gasteiger partial charge in [0.2, 0.25) is 5.91 Å². The molecule has 0 aliphatic heterocycles. The Morgan fingerprint density at radius 1 is 1.09 bits per heavy atom. The number of nitrogens with two attached hydrogens (primary N) is 1. The molecule has 23 heavy (non-hydrogen) atoms. The lowest BCUT2D eigenvalue weighted by atomic mass is 10.2. The number of hydrogen-bond acceptors (Lipinski definition) is 3. The van der Waals surface area contributed by atoms with Crippen LogP contribution in [-0.4, -0.2) is 16.9 Å². The molecule has 0 spiro atoms. The normalized spacial score (nSPS) is 10.0. The second kappa shape index (κ2) is 7.41. The van der Waals surface area contributed by atoms with Crippen molar-refractivity contribution in [1.82, 2.24) is 5.32 Å². The van der Waals surface area contributed by atoms with Crippen LogP contribution in [0.2, 0.25) is 10.0 Å². The van der Waals surface area contributed by atoms with Crippen LogP contribution >= 0.6 is 35.4 Å². The number of amides is 2. The maximum absolute atomic E-state index is 12.1. The van der Waals surface area contributed by atoms with Crippen LogP contribution < -0.4 is 16.4 Å². The summed E-state index contributed by atoms with van der Waals surface area (Å²) in [5.74, 6) is -1.04. The summed E-state index contributed by atoms with van der Waals surface area (Å²) < 4.78 is 0. The Bertz CT molecular complexity index is 796. The highest BCUT2D eigenvalue weighted by Crippen LogP contribution is 2.20. The van der Waals surface area contributed by atoms with Crippen LogP contribution in [-0.2, 0) is 0 Å². The molecular weight excluding hydrogens is 357 g/mol. The van der Waals surface area contributed by atoms with E-state index in [1.165, 1.54) is 18.2 Å². The number of primary amides is 1. The lowest BCUT2D eigenvalue weighted by Gasteiger charge is -2.11. The summed E-state index contributed by atoms with van der Waals surface area (Å²) in [4.78, 5) is 23.2. The summed E-state index contributed by atoms with van der Waals surface area (Å²) in [5.41, 5.74) is 6.29. The first-order valence-electron chi connectivity index (χ1n) is 6.34. The third-order valence-electron chi connectivity index (χ3n) is 2.81. The van der Waals surface area contributed by atoms with Gasteiger partial charge >= 0.3 is 0 Å². The monoisotopic (exact) mass is 367 g/mol. The first kappa shape index (κ1) is 17.2. The summed E-state index contributed by atoms with van der Waals surface area (Å²) in [6.45, 7) is 0. The molecule has 2 rings (SSSR count). The first-order chi connectivity index (χ1) is 10.9. The molecule has 0 aliphatic rings. The van der Waals surface area contributed by atoms with Crippen LogP contribution in [0.1, 0.15) is 20.7 Å². The third kappa shape index (κ3) is 4.66. The maximum atomic E-state index is 12.1. The average molecular weight is 368 g/mol. The first-order valence-corrected chi connectivity index (χ1v) is 7.50. The van der Waals surface area contributed by atoms with Crippen molar-refractivity contribution in [3.05, 3.63) is 63.6 Å². The number of halogens is 2. The molecule has 0 heterocycles. The third-order valence-corrected chi connectivity index (χ3v) is 3.56. The molecule has 0 aromatic heterocycles. The minimum atomic E-state index is -0.559. The van der Waals surface area contributed by atoms with Crippen LogP contribution in [0, 0.1) is 0 Å². The van der Waals surface area contributed by atoms with E-state index in [4.69, 9.17) is 41.2 Å². The Kier molecular flexibility index (Phi) is 5.54. The largest absolute Gasteiger partial charge is 0.366 e. The number of thiocarbonyl (C=S) groups is 1. The molecule has 0 bridgehead atoms. The minimum Gasteiger partial charge on any atom is -0.366 e. The summed E-state index contributed by atoms with van der Waals surface area (Å²) in [7, 11) is 0. The molecule has 0 atom stereocenters. The Morgan fingerprint density at radius 3 is 2.48 bits per heavy atom. The number of rotatable bonds is 3. The Balaban J connectivity index is 2.06. The highest BCUT2D eigenvalue weighted by molar-refractivity contribution is 7.80. The van der Waals surface area contributed by atoms with Crippen molar-refractivity contribution in [2.24, 2.45) is 5.73 Å². The van der Waals surface area contributed by atoms with E-state index >= 15 is 0 Å². The fourth-order valence-corrected chi connectivity index (χ4v) is 2.46. The highest BCUT2D eigenvalue weighted by Gasteiger charge is 2.12. The van der Waals surface area contributed by atoms with E-state index in [1.54, 1.807) is 24.3 Å². The Labute approximate surface area is 147 Å². The lowest BCUT2D eigenvalue weighted by molar-refractivity contribution is 0.0975. The maximum Gasteiger partial charge on any atom is 0.258 e. The molecule has 118 valence electrons. The number of hydrogen-bond donors (Lipinski definition) is 3. The zero-order valence-corrected chi connectivity index (χ0v) is 13.9. The van der Waals surface area contributed by atoms with Crippen LogP contribution in [0.15, 0.2) is 42.5 Å². The van der Waals surface area contributed by atoms with Gasteiger partial charge in [0.15, 0.2) is 5.11 Å². The molecule has 4 N–H and O–H groups in total. The van der Waals surface area contributed by atoms with Crippen molar-refractivity contribution in [1.29, 1.82) is 0 Å². The minimum absolute atomic E-state index is 0.0580. The zero-order chi connectivity index (χ0) is 17.0. The van der Waals surface area contributed by atoms with Crippen molar-refractivity contribution in [2.45, 2.75) is 0 Å². The molecule has 0 radical (unpaired) electrons. The van der Waals surface area contributed by atoms with Gasteiger partial charge in [0.05, 0.1) is 10.6 Å². The van der Waals surface area contributed by atoms with Gasteiger partial charge in [-0.1, -0.05) is 29.3 Å². The average Bonchev–Trinajstić information content (AvgIpc) is 2.47. The fraction of sp³-hybridized carbons (Fsp3) is 0. The van der Waals surface area contributed by atoms with Crippen LogP contribution in [0.5, 0.6) is 0 Å². The molecule has 5 nitrogen and oxygen atoms in total. The number of benzene rings is 2. The van der Waals surface area contributed by atoms with Gasteiger partial charge in [-0.25, -0.2) is 0 Å². The molecule has 2 aromatic carbocycles. The molecular formula is C15H11Cl2N3O2S. The van der Waals surface area contributed by atoms with Gasteiger partial charge in [0.25, 0.3) is 5.91 Å². The predicted octanol–water partition coefficient (Wildman–Crippen LogP) is 3.22. The summed E-state index contributed by atoms with van der Waals surface area (Å²) in [6.07, 6.45) is 0. The van der Waals surface area contributed by atoms with E-state index in [0.29, 0.717) is 16.3 Å². The predicted molar refractivity (Wildman–Crippen MR) is 95.1 cm³/mol. The van der Waals surface area contributed by atoms with Gasteiger partial charge in [-0.2, -0.15) is 0 Å². The molecule has 8 heteroatoms. The zero-order valence-electron chi connectivity index (χ0n) is 11.6. The van der Waals surface area contributed by atoms with Crippen molar-refractivity contribution < 1.29 is 9.59 Å².